The van der Waals surface area contributed by atoms with Crippen molar-refractivity contribution in [1.82, 2.24) is 10.2 Å². The zero-order chi connectivity index (χ0) is 17.8. The van der Waals surface area contributed by atoms with Crippen molar-refractivity contribution < 1.29 is 14.3 Å². The standard InChI is InChI=1S/C19H29N3O3/c1-24-17-10-13-5-7-22(12-15(13)11-18(17)25-2)8-6-21-19(23)14-3-4-16(20)9-14/h10-11,14,16H,3-9,12,20H2,1-2H3,(H,21,23)/t14-,16+/m1/s1. The van der Waals surface area contributed by atoms with Crippen LogP contribution >= 0.6 is 0 Å². The number of hydrogen-bond donors (Lipinski definition) is 2. The minimum Gasteiger partial charge on any atom is -0.493 e. The summed E-state index contributed by atoms with van der Waals surface area (Å²) < 4.78 is 10.8. The summed E-state index contributed by atoms with van der Waals surface area (Å²) in [5.74, 6) is 1.83. The predicted octanol–water partition coefficient (Wildman–Crippen LogP) is 1.31. The Kier molecular flexibility index (Phi) is 5.81. The van der Waals surface area contributed by atoms with Gasteiger partial charge >= 0.3 is 0 Å². The number of carbonyl (C=O) groups excluding carboxylic acids is 1. The number of ether oxygens (including phenoxy) is 2. The van der Waals surface area contributed by atoms with Crippen molar-refractivity contribution in [2.45, 2.75) is 38.3 Å². The first kappa shape index (κ1) is 18.0. The number of nitrogens with two attached hydrogens (primary N) is 1. The molecule has 138 valence electrons. The van der Waals surface area contributed by atoms with Gasteiger partial charge in [0.2, 0.25) is 5.91 Å². The highest BCUT2D eigenvalue weighted by molar-refractivity contribution is 5.79. The summed E-state index contributed by atoms with van der Waals surface area (Å²) in [4.78, 5) is 14.5. The molecule has 0 spiro atoms. The fourth-order valence-electron chi connectivity index (χ4n) is 3.87. The summed E-state index contributed by atoms with van der Waals surface area (Å²) in [5.41, 5.74) is 8.48. The van der Waals surface area contributed by atoms with Crippen molar-refractivity contribution in [1.29, 1.82) is 0 Å². The van der Waals surface area contributed by atoms with Gasteiger partial charge in [-0.3, -0.25) is 9.69 Å². The highest BCUT2D eigenvalue weighted by Gasteiger charge is 2.27. The Bertz CT molecular complexity index is 620. The number of methoxy groups -OCH3 is 2. The van der Waals surface area contributed by atoms with Crippen LogP contribution in [0.5, 0.6) is 11.5 Å². The lowest BCUT2D eigenvalue weighted by Gasteiger charge is -2.29. The Morgan fingerprint density at radius 1 is 1.24 bits per heavy atom. The van der Waals surface area contributed by atoms with Gasteiger partial charge in [-0.25, -0.2) is 0 Å². The van der Waals surface area contributed by atoms with Gasteiger partial charge < -0.3 is 20.5 Å². The smallest absolute Gasteiger partial charge is 0.223 e. The number of rotatable bonds is 6. The molecule has 3 rings (SSSR count). The lowest BCUT2D eigenvalue weighted by molar-refractivity contribution is -0.124. The third-order valence-electron chi connectivity index (χ3n) is 5.37. The molecule has 6 heteroatoms. The third-order valence-corrected chi connectivity index (χ3v) is 5.37. The van der Waals surface area contributed by atoms with Gasteiger partial charge in [-0.2, -0.15) is 0 Å². The van der Waals surface area contributed by atoms with Crippen molar-refractivity contribution in [2.24, 2.45) is 11.7 Å². The van der Waals surface area contributed by atoms with E-state index in [0.29, 0.717) is 6.54 Å². The van der Waals surface area contributed by atoms with E-state index in [1.807, 2.05) is 0 Å². The maximum atomic E-state index is 12.2. The average Bonchev–Trinajstić information content (AvgIpc) is 3.06. The van der Waals surface area contributed by atoms with Crippen molar-refractivity contribution in [2.75, 3.05) is 33.9 Å². The van der Waals surface area contributed by atoms with E-state index in [4.69, 9.17) is 15.2 Å². The average molecular weight is 347 g/mol. The fourth-order valence-corrected chi connectivity index (χ4v) is 3.87. The largest absolute Gasteiger partial charge is 0.493 e. The van der Waals surface area contributed by atoms with Crippen LogP contribution in [0.15, 0.2) is 12.1 Å². The summed E-state index contributed by atoms with van der Waals surface area (Å²) in [5, 5.41) is 3.08. The van der Waals surface area contributed by atoms with Gasteiger partial charge in [0.25, 0.3) is 0 Å². The van der Waals surface area contributed by atoms with Crippen molar-refractivity contribution >= 4 is 5.91 Å². The zero-order valence-corrected chi connectivity index (χ0v) is 15.2. The number of fused-ring (bicyclic) bond motifs is 1. The van der Waals surface area contributed by atoms with Gasteiger partial charge in [-0.1, -0.05) is 0 Å². The van der Waals surface area contributed by atoms with Gasteiger partial charge in [-0.15, -0.1) is 0 Å². The summed E-state index contributed by atoms with van der Waals surface area (Å²) >= 11 is 0. The van der Waals surface area contributed by atoms with E-state index >= 15 is 0 Å². The molecular weight excluding hydrogens is 318 g/mol. The van der Waals surface area contributed by atoms with Gasteiger partial charge in [0, 0.05) is 38.1 Å². The number of benzene rings is 1. The number of hydrogen-bond acceptors (Lipinski definition) is 5. The molecular formula is C19H29N3O3. The Morgan fingerprint density at radius 2 is 1.96 bits per heavy atom. The van der Waals surface area contributed by atoms with Crippen molar-refractivity contribution in [3.05, 3.63) is 23.3 Å². The second kappa shape index (κ2) is 8.06. The number of carbonyl (C=O) groups is 1. The van der Waals surface area contributed by atoms with Crippen LogP contribution in [0.1, 0.15) is 30.4 Å². The molecule has 1 fully saturated rings. The Labute approximate surface area is 149 Å². The fraction of sp³-hybridized carbons (Fsp3) is 0.632. The SMILES string of the molecule is COc1cc2c(cc1OC)CN(CCNC(=O)[C@@H]1CC[C@H](N)C1)CC2. The first-order chi connectivity index (χ1) is 12.1. The number of nitrogens with one attached hydrogen (secondary N) is 1. The summed E-state index contributed by atoms with van der Waals surface area (Å²) in [7, 11) is 3.33. The van der Waals surface area contributed by atoms with E-state index in [9.17, 15) is 4.79 Å². The molecule has 1 aliphatic heterocycles. The van der Waals surface area contributed by atoms with Crippen LogP contribution in [0.25, 0.3) is 0 Å². The molecule has 2 aliphatic rings. The summed E-state index contributed by atoms with van der Waals surface area (Å²) in [6.07, 6.45) is 3.70. The molecule has 2 atom stereocenters. The minimum absolute atomic E-state index is 0.105. The first-order valence-corrected chi connectivity index (χ1v) is 9.10. The predicted molar refractivity (Wildman–Crippen MR) is 96.9 cm³/mol. The normalized spacial score (nSPS) is 23.2. The van der Waals surface area contributed by atoms with Crippen LogP contribution in [0.2, 0.25) is 0 Å². The second-order valence-corrected chi connectivity index (χ2v) is 7.06. The highest BCUT2D eigenvalue weighted by Crippen LogP contribution is 2.33. The zero-order valence-electron chi connectivity index (χ0n) is 15.2. The molecule has 25 heavy (non-hydrogen) atoms. The van der Waals surface area contributed by atoms with E-state index in [1.54, 1.807) is 14.2 Å². The van der Waals surface area contributed by atoms with Crippen LogP contribution in [-0.2, 0) is 17.8 Å². The molecule has 1 amide bonds. The van der Waals surface area contributed by atoms with Crippen LogP contribution in [-0.4, -0.2) is 50.7 Å². The van der Waals surface area contributed by atoms with Crippen molar-refractivity contribution in [3.63, 3.8) is 0 Å². The van der Waals surface area contributed by atoms with E-state index < -0.39 is 0 Å². The lowest BCUT2D eigenvalue weighted by atomic mass is 9.99. The molecule has 1 heterocycles. The quantitative estimate of drug-likeness (QED) is 0.811. The molecule has 1 aliphatic carbocycles. The van der Waals surface area contributed by atoms with Gasteiger partial charge in [0.1, 0.15) is 0 Å². The van der Waals surface area contributed by atoms with E-state index in [-0.39, 0.29) is 17.9 Å². The van der Waals surface area contributed by atoms with Crippen molar-refractivity contribution in [3.8, 4) is 11.5 Å². The topological polar surface area (TPSA) is 76.8 Å². The molecule has 1 aromatic rings. The molecule has 0 saturated heterocycles. The Hall–Kier alpha value is -1.79. The summed E-state index contributed by atoms with van der Waals surface area (Å²) in [6, 6.07) is 4.34. The third kappa shape index (κ3) is 4.25. The first-order valence-electron chi connectivity index (χ1n) is 9.10. The molecule has 0 unspecified atom stereocenters. The lowest BCUT2D eigenvalue weighted by Crippen LogP contribution is -2.39. The maximum Gasteiger partial charge on any atom is 0.223 e. The molecule has 1 aromatic carbocycles. The molecule has 0 aromatic heterocycles. The van der Waals surface area contributed by atoms with Crippen LogP contribution in [0, 0.1) is 5.92 Å². The molecule has 0 bridgehead atoms. The number of nitrogens with zero attached hydrogens (tertiary/aromatic N) is 1. The van der Waals surface area contributed by atoms with Crippen LogP contribution in [0.4, 0.5) is 0 Å². The van der Waals surface area contributed by atoms with Crippen LogP contribution in [0.3, 0.4) is 0 Å². The Balaban J connectivity index is 1.50. The van der Waals surface area contributed by atoms with Gasteiger partial charge in [0.05, 0.1) is 14.2 Å². The molecule has 1 saturated carbocycles. The molecule has 0 radical (unpaired) electrons. The van der Waals surface area contributed by atoms with E-state index in [1.165, 1.54) is 11.1 Å². The number of amides is 1. The van der Waals surface area contributed by atoms with E-state index in [2.05, 4.69) is 22.3 Å². The van der Waals surface area contributed by atoms with Gasteiger partial charge in [-0.05, 0) is 48.9 Å². The van der Waals surface area contributed by atoms with Crippen LogP contribution < -0.4 is 20.5 Å². The highest BCUT2D eigenvalue weighted by atomic mass is 16.5. The maximum absolute atomic E-state index is 12.2. The van der Waals surface area contributed by atoms with Gasteiger partial charge in [0.15, 0.2) is 11.5 Å². The molecule has 3 N–H and O–H groups in total. The van der Waals surface area contributed by atoms with E-state index in [0.717, 1.165) is 56.8 Å². The monoisotopic (exact) mass is 347 g/mol. The molecule has 6 nitrogen and oxygen atoms in total. The summed E-state index contributed by atoms with van der Waals surface area (Å²) in [6.45, 7) is 3.41. The minimum atomic E-state index is 0.105. The Morgan fingerprint density at radius 3 is 2.60 bits per heavy atom. The second-order valence-electron chi connectivity index (χ2n) is 7.06.